The van der Waals surface area contributed by atoms with Gasteiger partial charge in [-0.3, -0.25) is 4.79 Å². The van der Waals surface area contributed by atoms with E-state index in [0.29, 0.717) is 16.5 Å². The second-order valence-electron chi connectivity index (χ2n) is 3.95. The molecule has 0 aromatic heterocycles. The summed E-state index contributed by atoms with van der Waals surface area (Å²) in [6, 6.07) is 5.18. The van der Waals surface area contributed by atoms with Gasteiger partial charge in [0.15, 0.2) is 0 Å². The molecule has 0 radical (unpaired) electrons. The van der Waals surface area contributed by atoms with Crippen LogP contribution in [-0.4, -0.2) is 12.5 Å². The van der Waals surface area contributed by atoms with Crippen molar-refractivity contribution in [2.75, 3.05) is 11.9 Å². The molecule has 3 nitrogen and oxygen atoms in total. The fourth-order valence-corrected chi connectivity index (χ4v) is 1.53. The number of amides is 1. The van der Waals surface area contributed by atoms with E-state index in [4.69, 9.17) is 17.3 Å². The molecule has 1 amide bonds. The van der Waals surface area contributed by atoms with Crippen molar-refractivity contribution in [2.45, 2.75) is 20.3 Å². The third-order valence-electron chi connectivity index (χ3n) is 2.59. The summed E-state index contributed by atoms with van der Waals surface area (Å²) in [6.07, 6.45) is 1.13. The zero-order valence-corrected chi connectivity index (χ0v) is 10.3. The predicted octanol–water partition coefficient (Wildman–Crippen LogP) is 2.90. The second kappa shape index (κ2) is 5.75. The number of nitrogens with one attached hydrogen (secondary N) is 1. The quantitative estimate of drug-likeness (QED) is 0.832. The number of hydrogen-bond donors (Lipinski definition) is 2. The van der Waals surface area contributed by atoms with Gasteiger partial charge in [-0.05, 0) is 24.1 Å². The minimum absolute atomic E-state index is 0.357. The highest BCUT2D eigenvalue weighted by atomic mass is 35.5. The van der Waals surface area contributed by atoms with Crippen LogP contribution in [0.3, 0.4) is 0 Å². The van der Waals surface area contributed by atoms with E-state index in [1.165, 1.54) is 0 Å². The molecule has 0 aliphatic carbocycles. The van der Waals surface area contributed by atoms with Crippen LogP contribution in [-0.2, 0) is 0 Å². The Morgan fingerprint density at radius 3 is 2.75 bits per heavy atom. The summed E-state index contributed by atoms with van der Waals surface area (Å²) in [4.78, 5) is 11.0. The maximum atomic E-state index is 11.0. The fraction of sp³-hybridized carbons (Fsp3) is 0.417. The van der Waals surface area contributed by atoms with Crippen molar-refractivity contribution < 1.29 is 4.79 Å². The molecule has 0 aliphatic heterocycles. The predicted molar refractivity (Wildman–Crippen MR) is 67.9 cm³/mol. The van der Waals surface area contributed by atoms with Crippen molar-refractivity contribution >= 4 is 23.2 Å². The van der Waals surface area contributed by atoms with Gasteiger partial charge in [-0.1, -0.05) is 31.9 Å². The van der Waals surface area contributed by atoms with Crippen molar-refractivity contribution in [1.82, 2.24) is 0 Å². The lowest BCUT2D eigenvalue weighted by Gasteiger charge is -2.12. The van der Waals surface area contributed by atoms with Gasteiger partial charge in [0.1, 0.15) is 0 Å². The van der Waals surface area contributed by atoms with Crippen LogP contribution in [0.5, 0.6) is 0 Å². The molecule has 1 rings (SSSR count). The molecule has 0 saturated carbocycles. The van der Waals surface area contributed by atoms with Gasteiger partial charge in [-0.15, -0.1) is 0 Å². The van der Waals surface area contributed by atoms with Gasteiger partial charge < -0.3 is 11.1 Å². The van der Waals surface area contributed by atoms with Crippen LogP contribution in [0.15, 0.2) is 18.2 Å². The summed E-state index contributed by atoms with van der Waals surface area (Å²) in [5.41, 5.74) is 6.43. The molecule has 0 spiro atoms. The van der Waals surface area contributed by atoms with E-state index in [9.17, 15) is 4.79 Å². The van der Waals surface area contributed by atoms with E-state index < -0.39 is 5.91 Å². The lowest BCUT2D eigenvalue weighted by molar-refractivity contribution is 0.100. The van der Waals surface area contributed by atoms with E-state index >= 15 is 0 Å². The molecule has 0 aliphatic rings. The summed E-state index contributed by atoms with van der Waals surface area (Å²) >= 11 is 5.93. The molecule has 88 valence electrons. The number of rotatable bonds is 5. The van der Waals surface area contributed by atoms with Crippen molar-refractivity contribution in [3.63, 3.8) is 0 Å². The number of anilines is 1. The van der Waals surface area contributed by atoms with Crippen molar-refractivity contribution in [3.05, 3.63) is 28.8 Å². The summed E-state index contributed by atoms with van der Waals surface area (Å²) < 4.78 is 0. The summed E-state index contributed by atoms with van der Waals surface area (Å²) in [7, 11) is 0. The number of hydrogen-bond acceptors (Lipinski definition) is 2. The lowest BCUT2D eigenvalue weighted by atomic mass is 10.1. The molecule has 0 fully saturated rings. The van der Waals surface area contributed by atoms with Gasteiger partial charge >= 0.3 is 0 Å². The fourth-order valence-electron chi connectivity index (χ4n) is 1.26. The first kappa shape index (κ1) is 12.8. The van der Waals surface area contributed by atoms with Gasteiger partial charge in [-0.2, -0.15) is 0 Å². The monoisotopic (exact) mass is 240 g/mol. The minimum Gasteiger partial charge on any atom is -0.385 e. The SMILES string of the molecule is CCC(C)CNc1ccc(C(N)=O)c(Cl)c1. The zero-order chi connectivity index (χ0) is 12.1. The van der Waals surface area contributed by atoms with Crippen molar-refractivity contribution in [3.8, 4) is 0 Å². The smallest absolute Gasteiger partial charge is 0.250 e. The van der Waals surface area contributed by atoms with E-state index in [-0.39, 0.29) is 0 Å². The molecule has 0 bridgehead atoms. The maximum absolute atomic E-state index is 11.0. The van der Waals surface area contributed by atoms with Gasteiger partial charge in [0.2, 0.25) is 5.91 Å². The molecule has 1 aromatic carbocycles. The van der Waals surface area contributed by atoms with E-state index in [1.807, 2.05) is 6.07 Å². The third kappa shape index (κ3) is 3.42. The first-order valence-corrected chi connectivity index (χ1v) is 5.75. The molecule has 0 heterocycles. The van der Waals surface area contributed by atoms with Crippen LogP contribution in [0, 0.1) is 5.92 Å². The normalized spacial score (nSPS) is 12.2. The summed E-state index contributed by atoms with van der Waals surface area (Å²) in [5.74, 6) is 0.105. The largest absolute Gasteiger partial charge is 0.385 e. The van der Waals surface area contributed by atoms with Crippen LogP contribution in [0.1, 0.15) is 30.6 Å². The highest BCUT2D eigenvalue weighted by Gasteiger charge is 2.07. The van der Waals surface area contributed by atoms with Crippen LogP contribution in [0.25, 0.3) is 0 Å². The number of carbonyl (C=O) groups excluding carboxylic acids is 1. The zero-order valence-electron chi connectivity index (χ0n) is 9.59. The average Bonchev–Trinajstić information content (AvgIpc) is 2.25. The topological polar surface area (TPSA) is 55.1 Å². The molecule has 0 saturated heterocycles. The first-order valence-electron chi connectivity index (χ1n) is 5.37. The van der Waals surface area contributed by atoms with Gasteiger partial charge in [0.05, 0.1) is 10.6 Å². The number of halogens is 1. The maximum Gasteiger partial charge on any atom is 0.250 e. The van der Waals surface area contributed by atoms with E-state index in [0.717, 1.165) is 18.7 Å². The molecule has 4 heteroatoms. The Morgan fingerprint density at radius 2 is 2.25 bits per heavy atom. The summed E-state index contributed by atoms with van der Waals surface area (Å²) in [6.45, 7) is 5.21. The molecular weight excluding hydrogens is 224 g/mol. The standard InChI is InChI=1S/C12H17ClN2O/c1-3-8(2)7-15-9-4-5-10(12(14)16)11(13)6-9/h4-6,8,15H,3,7H2,1-2H3,(H2,14,16). The average molecular weight is 241 g/mol. The Hall–Kier alpha value is -1.22. The Labute approximate surface area is 101 Å². The Balaban J connectivity index is 2.70. The van der Waals surface area contributed by atoms with E-state index in [1.54, 1.807) is 12.1 Å². The molecule has 1 atom stereocenters. The minimum atomic E-state index is -0.501. The third-order valence-corrected chi connectivity index (χ3v) is 2.90. The Bertz CT molecular complexity index is 379. The van der Waals surface area contributed by atoms with Crippen LogP contribution < -0.4 is 11.1 Å². The number of nitrogens with two attached hydrogens (primary N) is 1. The number of carbonyl (C=O) groups is 1. The second-order valence-corrected chi connectivity index (χ2v) is 4.36. The first-order chi connectivity index (χ1) is 7.54. The van der Waals surface area contributed by atoms with Gasteiger partial charge in [-0.25, -0.2) is 0 Å². The number of primary amides is 1. The summed E-state index contributed by atoms with van der Waals surface area (Å²) in [5, 5.41) is 3.66. The van der Waals surface area contributed by atoms with Crippen molar-refractivity contribution in [2.24, 2.45) is 11.7 Å². The molecule has 16 heavy (non-hydrogen) atoms. The van der Waals surface area contributed by atoms with Crippen LogP contribution in [0.2, 0.25) is 5.02 Å². The van der Waals surface area contributed by atoms with Gasteiger partial charge in [0, 0.05) is 12.2 Å². The van der Waals surface area contributed by atoms with Crippen LogP contribution in [0.4, 0.5) is 5.69 Å². The lowest BCUT2D eigenvalue weighted by Crippen LogP contribution is -2.13. The Kier molecular flexibility index (Phi) is 4.62. The molecule has 3 N–H and O–H groups in total. The van der Waals surface area contributed by atoms with Crippen molar-refractivity contribution in [1.29, 1.82) is 0 Å². The van der Waals surface area contributed by atoms with Crippen LogP contribution >= 0.6 is 11.6 Å². The molecular formula is C12H17ClN2O. The highest BCUT2D eigenvalue weighted by molar-refractivity contribution is 6.34. The van der Waals surface area contributed by atoms with Gasteiger partial charge in [0.25, 0.3) is 0 Å². The molecule has 1 aromatic rings. The number of benzene rings is 1. The highest BCUT2D eigenvalue weighted by Crippen LogP contribution is 2.20. The molecule has 1 unspecified atom stereocenters. The Morgan fingerprint density at radius 1 is 1.56 bits per heavy atom. The van der Waals surface area contributed by atoms with E-state index in [2.05, 4.69) is 19.2 Å².